The van der Waals surface area contributed by atoms with Gasteiger partial charge in [0, 0.05) is 17.4 Å². The molecule has 1 aliphatic rings. The zero-order valence-electron chi connectivity index (χ0n) is 34.6. The second-order valence-corrected chi connectivity index (χ2v) is 21.0. The number of hydrogen-bond donors (Lipinski definition) is 2. The molecule has 0 fully saturated rings. The van der Waals surface area contributed by atoms with Gasteiger partial charge in [-0.25, -0.2) is 4.79 Å². The van der Waals surface area contributed by atoms with Gasteiger partial charge in [-0.2, -0.15) is 0 Å². The van der Waals surface area contributed by atoms with E-state index in [9.17, 15) is 14.4 Å². The van der Waals surface area contributed by atoms with Gasteiger partial charge < -0.3 is 24.5 Å². The molecule has 0 aromatic heterocycles. The summed E-state index contributed by atoms with van der Waals surface area (Å²) in [7, 11) is -1.41. The predicted octanol–water partition coefficient (Wildman–Crippen LogP) is 8.00. The van der Waals surface area contributed by atoms with E-state index in [4.69, 9.17) is 25.5 Å². The fourth-order valence-corrected chi connectivity index (χ4v) is 11.4. The Balaban J connectivity index is 1.71. The Labute approximate surface area is 340 Å². The third-order valence-electron chi connectivity index (χ3n) is 9.51. The molecule has 56 heavy (non-hydrogen) atoms. The van der Waals surface area contributed by atoms with Crippen molar-refractivity contribution >= 4 is 48.1 Å². The summed E-state index contributed by atoms with van der Waals surface area (Å²) in [6.45, 7) is 18.1. The van der Waals surface area contributed by atoms with Crippen LogP contribution < -0.4 is 21.0 Å². The van der Waals surface area contributed by atoms with Crippen molar-refractivity contribution in [2.75, 3.05) is 7.11 Å². The minimum atomic E-state index is -2.85. The van der Waals surface area contributed by atoms with E-state index in [2.05, 4.69) is 91.8 Å². The van der Waals surface area contributed by atoms with Crippen molar-refractivity contribution in [3.63, 3.8) is 0 Å². The van der Waals surface area contributed by atoms with E-state index in [1.165, 1.54) is 17.5 Å². The Morgan fingerprint density at radius 2 is 1.61 bits per heavy atom. The Morgan fingerprint density at radius 1 is 1.00 bits per heavy atom. The SMILES string of the molecule is COC1=CC[C@@H]([C@@H](C)/C=C(C)/C=C\C#CC(=O)NC(C(=O)N/C=C\C[C@H](C/C=C(\C)Cl)O[Si](c2ccccc2)(c2ccccc2)C(C)(C)C)C(C)(C)C)OC1=O. The molecular weight excluding hydrogens is 740 g/mol. The van der Waals surface area contributed by atoms with Gasteiger partial charge in [0.1, 0.15) is 12.1 Å². The van der Waals surface area contributed by atoms with Gasteiger partial charge in [-0.1, -0.05) is 157 Å². The number of hydrogen-bond acceptors (Lipinski definition) is 6. The van der Waals surface area contributed by atoms with Gasteiger partial charge in [-0.15, -0.1) is 0 Å². The van der Waals surface area contributed by atoms with Crippen LogP contribution in [-0.4, -0.2) is 51.5 Å². The molecule has 4 atom stereocenters. The number of benzene rings is 2. The summed E-state index contributed by atoms with van der Waals surface area (Å²) in [6.07, 6.45) is 13.7. The van der Waals surface area contributed by atoms with E-state index >= 15 is 0 Å². The molecule has 0 bridgehead atoms. The molecule has 0 aliphatic carbocycles. The molecule has 2 aromatic carbocycles. The van der Waals surface area contributed by atoms with E-state index in [0.29, 0.717) is 24.3 Å². The zero-order valence-corrected chi connectivity index (χ0v) is 36.3. The number of carbonyl (C=O) groups excluding carboxylic acids is 3. The lowest BCUT2D eigenvalue weighted by atomic mass is 9.86. The fraction of sp³-hybridized carbons (Fsp3) is 0.413. The first-order valence-corrected chi connectivity index (χ1v) is 21.4. The number of allylic oxidation sites excluding steroid dienone is 4. The van der Waals surface area contributed by atoms with Gasteiger partial charge in [0.15, 0.2) is 5.76 Å². The largest absolute Gasteiger partial charge is 0.490 e. The summed E-state index contributed by atoms with van der Waals surface area (Å²) in [6, 6.07) is 20.1. The average molecular weight is 800 g/mol. The second kappa shape index (κ2) is 21.1. The number of cyclic esters (lactones) is 1. The van der Waals surface area contributed by atoms with E-state index in [1.807, 2.05) is 71.9 Å². The van der Waals surface area contributed by atoms with Crippen LogP contribution in [-0.2, 0) is 28.3 Å². The molecule has 1 heterocycles. The average Bonchev–Trinajstić information content (AvgIpc) is 3.14. The van der Waals surface area contributed by atoms with Crippen LogP contribution in [0, 0.1) is 23.2 Å². The normalized spacial score (nSPS) is 17.3. The maximum Gasteiger partial charge on any atom is 0.373 e. The first kappa shape index (κ1) is 45.8. The lowest BCUT2D eigenvalue weighted by Crippen LogP contribution is -2.67. The molecule has 1 unspecified atom stereocenters. The van der Waals surface area contributed by atoms with Crippen molar-refractivity contribution in [3.8, 4) is 11.8 Å². The summed E-state index contributed by atoms with van der Waals surface area (Å²) in [4.78, 5) is 38.4. The van der Waals surface area contributed by atoms with Crippen LogP contribution in [0.3, 0.4) is 0 Å². The topological polar surface area (TPSA) is 103 Å². The third-order valence-corrected chi connectivity index (χ3v) is 14.8. The highest BCUT2D eigenvalue weighted by Crippen LogP contribution is 2.38. The molecule has 10 heteroatoms. The number of amides is 2. The summed E-state index contributed by atoms with van der Waals surface area (Å²) >= 11 is 6.32. The minimum Gasteiger partial charge on any atom is -0.490 e. The molecule has 0 saturated heterocycles. The Morgan fingerprint density at radius 3 is 2.12 bits per heavy atom. The number of carbonyl (C=O) groups is 3. The van der Waals surface area contributed by atoms with Crippen molar-refractivity contribution in [1.82, 2.24) is 10.6 Å². The first-order chi connectivity index (χ1) is 26.4. The lowest BCUT2D eigenvalue weighted by molar-refractivity contribution is -0.151. The Kier molecular flexibility index (Phi) is 17.2. The number of nitrogens with one attached hydrogen (secondary N) is 2. The third kappa shape index (κ3) is 13.3. The summed E-state index contributed by atoms with van der Waals surface area (Å²) in [5, 5.41) is 8.50. The maximum atomic E-state index is 13.5. The van der Waals surface area contributed by atoms with E-state index in [0.717, 1.165) is 5.57 Å². The zero-order chi connectivity index (χ0) is 41.5. The van der Waals surface area contributed by atoms with Crippen molar-refractivity contribution < 1.29 is 28.3 Å². The van der Waals surface area contributed by atoms with Crippen molar-refractivity contribution in [2.24, 2.45) is 11.3 Å². The molecule has 2 aromatic rings. The second-order valence-electron chi connectivity index (χ2n) is 16.2. The van der Waals surface area contributed by atoms with Gasteiger partial charge in [0.05, 0.1) is 13.2 Å². The van der Waals surface area contributed by atoms with Crippen molar-refractivity contribution in [1.29, 1.82) is 0 Å². The number of ether oxygens (including phenoxy) is 2. The highest BCUT2D eigenvalue weighted by molar-refractivity contribution is 6.99. The van der Waals surface area contributed by atoms with Crippen molar-refractivity contribution in [3.05, 3.63) is 120 Å². The van der Waals surface area contributed by atoms with E-state index < -0.39 is 31.7 Å². The molecule has 2 amide bonds. The molecule has 3 rings (SSSR count). The van der Waals surface area contributed by atoms with E-state index in [1.54, 1.807) is 24.4 Å². The molecule has 8 nitrogen and oxygen atoms in total. The Hall–Kier alpha value is -4.62. The van der Waals surface area contributed by atoms with Crippen LogP contribution in [0.25, 0.3) is 0 Å². The molecule has 0 radical (unpaired) electrons. The number of rotatable bonds is 15. The van der Waals surface area contributed by atoms with E-state index in [-0.39, 0.29) is 34.8 Å². The molecular formula is C46H59ClN2O6Si. The standard InChI is InChI=1S/C46H59ClN2O6Si/c1-33(32-34(2)39-29-30-40(53-10)44(52)54-39)20-17-18-26-41(50)49-42(45(4,5)6)43(51)48-31-19-21-36(28-27-35(3)47)55-56(46(7,8)9,37-22-13-11-14-23-37)38-24-15-12-16-25-38/h11-17,19-20,22-25,27,30-32,34,36,39,42H,21,28-29H2,1-10H3,(H,48,51)(H,49,50)/b20-17-,31-19-,33-32+,35-27+/t34-,36+,39-,42?/m0/s1. The van der Waals surface area contributed by atoms with Crippen LogP contribution in [0.1, 0.15) is 81.6 Å². The quantitative estimate of drug-likeness (QED) is 0.0820. The highest BCUT2D eigenvalue weighted by atomic mass is 35.5. The highest BCUT2D eigenvalue weighted by Gasteiger charge is 2.51. The fourth-order valence-electron chi connectivity index (χ4n) is 6.61. The molecule has 2 N–H and O–H groups in total. The smallest absolute Gasteiger partial charge is 0.373 e. The minimum absolute atomic E-state index is 0.0396. The van der Waals surface area contributed by atoms with Gasteiger partial charge in [0.25, 0.3) is 14.2 Å². The van der Waals surface area contributed by atoms with Crippen molar-refractivity contribution in [2.45, 2.75) is 105 Å². The monoisotopic (exact) mass is 798 g/mol. The summed E-state index contributed by atoms with van der Waals surface area (Å²) in [5.74, 6) is 4.11. The number of halogens is 1. The maximum absolute atomic E-state index is 13.5. The predicted molar refractivity (Wildman–Crippen MR) is 229 cm³/mol. The number of methoxy groups -OCH3 is 1. The van der Waals surface area contributed by atoms with Gasteiger partial charge >= 0.3 is 5.97 Å². The van der Waals surface area contributed by atoms with Crippen LogP contribution in [0.2, 0.25) is 5.04 Å². The lowest BCUT2D eigenvalue weighted by Gasteiger charge is -2.45. The van der Waals surface area contributed by atoms with Crippen LogP contribution in [0.4, 0.5) is 0 Å². The Bertz CT molecular complexity index is 1820. The molecule has 1 aliphatic heterocycles. The van der Waals surface area contributed by atoms with Gasteiger partial charge in [0.2, 0.25) is 5.91 Å². The van der Waals surface area contributed by atoms with Crippen LogP contribution in [0.5, 0.6) is 0 Å². The molecule has 0 spiro atoms. The summed E-state index contributed by atoms with van der Waals surface area (Å²) < 4.78 is 17.9. The van der Waals surface area contributed by atoms with Crippen LogP contribution >= 0.6 is 11.6 Å². The molecule has 300 valence electrons. The first-order valence-electron chi connectivity index (χ1n) is 19.1. The van der Waals surface area contributed by atoms with Gasteiger partial charge in [-0.05, 0) is 71.8 Å². The van der Waals surface area contributed by atoms with Crippen LogP contribution in [0.15, 0.2) is 120 Å². The molecule has 0 saturated carbocycles. The van der Waals surface area contributed by atoms with Gasteiger partial charge in [-0.3, -0.25) is 9.59 Å². The summed E-state index contributed by atoms with van der Waals surface area (Å²) in [5.41, 5.74) is 0.302. The number of esters is 1.